The monoisotopic (exact) mass is 555 g/mol. The summed E-state index contributed by atoms with van der Waals surface area (Å²) in [7, 11) is 0. The Labute approximate surface area is 243 Å². The van der Waals surface area contributed by atoms with Crippen molar-refractivity contribution in [2.24, 2.45) is 0 Å². The molecule has 3 saturated heterocycles. The van der Waals surface area contributed by atoms with Crippen molar-refractivity contribution in [3.05, 3.63) is 84.7 Å². The molecule has 9 nitrogen and oxygen atoms in total. The lowest BCUT2D eigenvalue weighted by Crippen LogP contribution is -2.68. The summed E-state index contributed by atoms with van der Waals surface area (Å²) in [5.74, 6) is 1.94. The first-order chi connectivity index (χ1) is 20.2. The third kappa shape index (κ3) is 6.19. The molecule has 41 heavy (non-hydrogen) atoms. The number of nitrogens with zero attached hydrogens (tertiary/aromatic N) is 5. The Kier molecular flexibility index (Phi) is 8.98. The molecule has 6 rings (SSSR count). The number of rotatable bonds is 8. The maximum absolute atomic E-state index is 14.2. The lowest BCUT2D eigenvalue weighted by molar-refractivity contribution is 0.0215. The zero-order valence-corrected chi connectivity index (χ0v) is 23.9. The predicted molar refractivity (Wildman–Crippen MR) is 163 cm³/mol. The number of likely N-dealkylation sites (tertiary alicyclic amines) is 1. The molecule has 5 heterocycles. The normalized spacial score (nSPS) is 24.3. The first-order valence-corrected chi connectivity index (χ1v) is 15.3. The van der Waals surface area contributed by atoms with Gasteiger partial charge in [-0.1, -0.05) is 30.3 Å². The van der Waals surface area contributed by atoms with Crippen LogP contribution in [0.3, 0.4) is 0 Å². The van der Waals surface area contributed by atoms with Gasteiger partial charge in [0, 0.05) is 37.3 Å². The molecule has 2 aromatic heterocycles. The maximum atomic E-state index is 14.2. The van der Waals surface area contributed by atoms with Crippen molar-refractivity contribution in [3.63, 3.8) is 0 Å². The molecule has 1 amide bonds. The molecule has 0 radical (unpaired) electrons. The Bertz CT molecular complexity index is 1220. The van der Waals surface area contributed by atoms with Gasteiger partial charge in [0.1, 0.15) is 5.82 Å². The van der Waals surface area contributed by atoms with Crippen LogP contribution in [0.15, 0.2) is 79.1 Å². The summed E-state index contributed by atoms with van der Waals surface area (Å²) >= 11 is 0. The summed E-state index contributed by atoms with van der Waals surface area (Å²) in [5.41, 5.74) is 4.74. The summed E-state index contributed by atoms with van der Waals surface area (Å²) in [6.45, 7) is 5.46. The van der Waals surface area contributed by atoms with Crippen LogP contribution < -0.4 is 25.6 Å². The number of nitrogens with one attached hydrogen (secondary N) is 3. The first kappa shape index (κ1) is 27.9. The van der Waals surface area contributed by atoms with Crippen LogP contribution in [0.25, 0.3) is 0 Å². The molecular weight excluding hydrogens is 512 g/mol. The Morgan fingerprint density at radius 3 is 2.00 bits per heavy atom. The third-order valence-electron chi connectivity index (χ3n) is 8.96. The molecule has 1 aromatic carbocycles. The molecule has 3 fully saturated rings. The van der Waals surface area contributed by atoms with Crippen LogP contribution in [0.1, 0.15) is 48.9 Å². The number of pyridine rings is 2. The van der Waals surface area contributed by atoms with Crippen LogP contribution in [0.2, 0.25) is 0 Å². The number of hydrazine groups is 2. The van der Waals surface area contributed by atoms with E-state index in [2.05, 4.69) is 38.3 Å². The summed E-state index contributed by atoms with van der Waals surface area (Å²) in [6, 6.07) is 22.8. The summed E-state index contributed by atoms with van der Waals surface area (Å²) < 4.78 is 0.249. The van der Waals surface area contributed by atoms with E-state index < -0.39 is 0 Å². The van der Waals surface area contributed by atoms with Crippen molar-refractivity contribution in [1.82, 2.24) is 35.6 Å². The number of carbonyl (C=O) groups excluding carboxylic acids is 1. The van der Waals surface area contributed by atoms with E-state index in [1.807, 2.05) is 67.0 Å². The van der Waals surface area contributed by atoms with Crippen LogP contribution in [-0.4, -0.2) is 78.4 Å². The minimum absolute atomic E-state index is 0.126. The van der Waals surface area contributed by atoms with Crippen LogP contribution >= 0.6 is 0 Å². The largest absolute Gasteiger partial charge is 0.352 e. The van der Waals surface area contributed by atoms with Crippen LogP contribution in [-0.2, 0) is 0 Å². The van der Waals surface area contributed by atoms with Gasteiger partial charge in [-0.2, -0.15) is 5.12 Å². The molecule has 3 aliphatic rings. The van der Waals surface area contributed by atoms with E-state index in [-0.39, 0.29) is 16.4 Å². The lowest BCUT2D eigenvalue weighted by Gasteiger charge is -2.50. The van der Waals surface area contributed by atoms with Gasteiger partial charge in [-0.3, -0.25) is 5.01 Å². The molecule has 0 spiro atoms. The number of aromatic nitrogens is 2. The summed E-state index contributed by atoms with van der Waals surface area (Å²) in [5, 5.41) is 11.9. The SMILES string of the molecule is O=C(c1ccccc1)[N+]1(c2ccccn2)CCC(N(NC2CCNCC2)N(c2ccccn2)C2CCNCC2)CC1. The molecule has 0 aliphatic carbocycles. The lowest BCUT2D eigenvalue weighted by atomic mass is 9.99. The highest BCUT2D eigenvalue weighted by atomic mass is 16.2. The van der Waals surface area contributed by atoms with Crippen molar-refractivity contribution in [2.75, 3.05) is 44.3 Å². The number of quaternary nitrogens is 1. The minimum Gasteiger partial charge on any atom is -0.317 e. The quantitative estimate of drug-likeness (QED) is 0.288. The van der Waals surface area contributed by atoms with Crippen LogP contribution in [0, 0.1) is 0 Å². The first-order valence-electron chi connectivity index (χ1n) is 15.3. The van der Waals surface area contributed by atoms with E-state index in [1.54, 1.807) is 0 Å². The zero-order valence-electron chi connectivity index (χ0n) is 23.9. The zero-order chi connectivity index (χ0) is 27.9. The van der Waals surface area contributed by atoms with Gasteiger partial charge in [0.25, 0.3) is 0 Å². The van der Waals surface area contributed by atoms with E-state index in [4.69, 9.17) is 9.97 Å². The Balaban J connectivity index is 1.32. The fourth-order valence-corrected chi connectivity index (χ4v) is 6.71. The molecule has 9 heteroatoms. The molecule has 0 saturated carbocycles. The molecule has 3 aromatic rings. The molecule has 0 bridgehead atoms. The van der Waals surface area contributed by atoms with E-state index in [0.29, 0.717) is 25.2 Å². The summed E-state index contributed by atoms with van der Waals surface area (Å²) in [6.07, 6.45) is 9.74. The molecule has 3 aliphatic heterocycles. The van der Waals surface area contributed by atoms with Crippen LogP contribution in [0.4, 0.5) is 11.6 Å². The summed E-state index contributed by atoms with van der Waals surface area (Å²) in [4.78, 5) is 23.8. The molecule has 216 valence electrons. The second kappa shape index (κ2) is 13.2. The van der Waals surface area contributed by atoms with Crippen molar-refractivity contribution in [1.29, 1.82) is 0 Å². The minimum atomic E-state index is 0.126. The van der Waals surface area contributed by atoms with Gasteiger partial charge in [-0.05, 0) is 82.2 Å². The van der Waals surface area contributed by atoms with Gasteiger partial charge in [0.2, 0.25) is 5.82 Å². The molecular formula is C32H43N8O+. The Hall–Kier alpha value is -3.21. The van der Waals surface area contributed by atoms with Crippen LogP contribution in [0.5, 0.6) is 0 Å². The Morgan fingerprint density at radius 1 is 0.732 bits per heavy atom. The highest BCUT2D eigenvalue weighted by Crippen LogP contribution is 2.33. The number of benzene rings is 1. The van der Waals surface area contributed by atoms with E-state index in [1.165, 1.54) is 0 Å². The number of hydrogen-bond acceptors (Lipinski definition) is 8. The van der Waals surface area contributed by atoms with Gasteiger partial charge in [0.05, 0.1) is 30.7 Å². The maximum Gasteiger partial charge on any atom is 0.352 e. The highest BCUT2D eigenvalue weighted by Gasteiger charge is 2.47. The Morgan fingerprint density at radius 2 is 1.37 bits per heavy atom. The average molecular weight is 556 g/mol. The smallest absolute Gasteiger partial charge is 0.317 e. The second-order valence-electron chi connectivity index (χ2n) is 11.5. The number of anilines is 1. The van der Waals surface area contributed by atoms with Crippen molar-refractivity contribution >= 4 is 17.5 Å². The third-order valence-corrected chi connectivity index (χ3v) is 8.96. The van der Waals surface area contributed by atoms with Gasteiger partial charge in [-0.25, -0.2) is 24.7 Å². The fourth-order valence-electron chi connectivity index (χ4n) is 6.71. The molecule has 0 atom stereocenters. The predicted octanol–water partition coefficient (Wildman–Crippen LogP) is 3.52. The van der Waals surface area contributed by atoms with Crippen molar-refractivity contribution < 1.29 is 4.79 Å². The second-order valence-corrected chi connectivity index (χ2v) is 11.5. The van der Waals surface area contributed by atoms with Crippen molar-refractivity contribution in [3.8, 4) is 0 Å². The van der Waals surface area contributed by atoms with Crippen molar-refractivity contribution in [2.45, 2.75) is 56.7 Å². The standard InChI is InChI=1S/C32H43N8O/c41-32(26-8-2-1-3-9-26)40(31-11-5-7-19-36-31)24-16-29(17-25-40)39(37-27-12-20-33-21-13-27)38(28-14-22-34-23-15-28)30-10-4-6-18-35-30/h1-11,18-19,27-29,33-34,37H,12-17,20-25H2/q+1. The average Bonchev–Trinajstić information content (AvgIpc) is 3.06. The molecule has 0 unspecified atom stereocenters. The van der Waals surface area contributed by atoms with E-state index >= 15 is 0 Å². The number of amides is 1. The van der Waals surface area contributed by atoms with Gasteiger partial charge in [0.15, 0.2) is 0 Å². The number of carbonyl (C=O) groups is 1. The van der Waals surface area contributed by atoms with E-state index in [9.17, 15) is 4.79 Å². The highest BCUT2D eigenvalue weighted by molar-refractivity contribution is 6.01. The van der Waals surface area contributed by atoms with Gasteiger partial charge >= 0.3 is 5.91 Å². The van der Waals surface area contributed by atoms with Gasteiger partial charge in [-0.15, -0.1) is 0 Å². The number of piperidine rings is 3. The fraction of sp³-hybridized carbons (Fsp3) is 0.469. The number of hydrogen-bond donors (Lipinski definition) is 3. The molecule has 3 N–H and O–H groups in total. The topological polar surface area (TPSA) is 85.4 Å². The van der Waals surface area contributed by atoms with Gasteiger partial charge < -0.3 is 10.6 Å². The van der Waals surface area contributed by atoms with E-state index in [0.717, 1.165) is 81.9 Å².